The van der Waals surface area contributed by atoms with Crippen LogP contribution in [-0.2, 0) is 22.6 Å². The Hall–Kier alpha value is -3.07. The third-order valence-electron chi connectivity index (χ3n) is 6.19. The van der Waals surface area contributed by atoms with Gasteiger partial charge in [0.05, 0.1) is 18.3 Å². The van der Waals surface area contributed by atoms with Gasteiger partial charge in [0, 0.05) is 18.3 Å². The van der Waals surface area contributed by atoms with Crippen molar-refractivity contribution in [3.8, 4) is 0 Å². The van der Waals surface area contributed by atoms with Gasteiger partial charge in [-0.2, -0.15) is 0 Å². The molecule has 178 valence electrons. The molecule has 3 aromatic rings. The van der Waals surface area contributed by atoms with Crippen LogP contribution in [0.1, 0.15) is 46.3 Å². The van der Waals surface area contributed by atoms with Gasteiger partial charge in [0.25, 0.3) is 11.8 Å². The Morgan fingerprint density at radius 3 is 2.62 bits per heavy atom. The number of amides is 2. The second-order valence-electron chi connectivity index (χ2n) is 8.54. The molecule has 1 saturated heterocycles. The second kappa shape index (κ2) is 10.9. The van der Waals surface area contributed by atoms with E-state index in [0.29, 0.717) is 18.0 Å². The third-order valence-corrected chi connectivity index (χ3v) is 7.08. The number of aromatic nitrogens is 1. The highest BCUT2D eigenvalue weighted by Crippen LogP contribution is 2.32. The molecule has 4 rings (SSSR count). The summed E-state index contributed by atoms with van der Waals surface area (Å²) in [6, 6.07) is 17.5. The Kier molecular flexibility index (Phi) is 7.72. The summed E-state index contributed by atoms with van der Waals surface area (Å²) < 4.78 is 0. The maximum atomic E-state index is 12.9. The molecule has 3 N–H and O–H groups in total. The molecule has 8 heteroatoms. The molecular formula is C26H29N3O4S. The van der Waals surface area contributed by atoms with Crippen LogP contribution in [0.25, 0.3) is 0 Å². The second-order valence-corrected chi connectivity index (χ2v) is 9.49. The van der Waals surface area contributed by atoms with Crippen molar-refractivity contribution < 1.29 is 19.8 Å². The van der Waals surface area contributed by atoms with Gasteiger partial charge in [-0.25, -0.2) is 4.98 Å². The lowest BCUT2D eigenvalue weighted by molar-refractivity contribution is -0.153. The Morgan fingerprint density at radius 2 is 1.85 bits per heavy atom. The number of aliphatic hydroxyl groups excluding tert-OH is 2. The van der Waals surface area contributed by atoms with E-state index in [2.05, 4.69) is 29.4 Å². The zero-order valence-electron chi connectivity index (χ0n) is 19.1. The Bertz CT molecular complexity index is 1130. The molecule has 0 aliphatic carbocycles. The Balaban J connectivity index is 1.31. The normalized spacial score (nSPS) is 17.4. The number of nitrogens with one attached hydrogen (secondary N) is 1. The maximum Gasteiger partial charge on any atom is 0.255 e. The van der Waals surface area contributed by atoms with E-state index in [1.54, 1.807) is 4.90 Å². The van der Waals surface area contributed by atoms with Gasteiger partial charge in [0.2, 0.25) is 0 Å². The molecule has 0 bridgehead atoms. The lowest BCUT2D eigenvalue weighted by atomic mass is 10.0. The minimum Gasteiger partial charge on any atom is -0.380 e. The van der Waals surface area contributed by atoms with Gasteiger partial charge in [-0.3, -0.25) is 9.59 Å². The highest BCUT2D eigenvalue weighted by atomic mass is 32.1. The molecule has 1 aliphatic heterocycles. The molecule has 1 unspecified atom stereocenters. The topological polar surface area (TPSA) is 103 Å². The summed E-state index contributed by atoms with van der Waals surface area (Å²) in [6.07, 6.45) is -1.40. The third kappa shape index (κ3) is 5.52. The van der Waals surface area contributed by atoms with Crippen molar-refractivity contribution in [1.82, 2.24) is 15.2 Å². The fourth-order valence-electron chi connectivity index (χ4n) is 4.28. The molecule has 0 radical (unpaired) electrons. The van der Waals surface area contributed by atoms with Crippen LogP contribution in [0.3, 0.4) is 0 Å². The molecule has 1 fully saturated rings. The first-order valence-electron chi connectivity index (χ1n) is 11.4. The van der Waals surface area contributed by atoms with E-state index in [1.807, 2.05) is 47.8 Å². The quantitative estimate of drug-likeness (QED) is 0.461. The van der Waals surface area contributed by atoms with Gasteiger partial charge in [-0.1, -0.05) is 54.6 Å². The molecule has 2 aromatic carbocycles. The summed E-state index contributed by atoms with van der Waals surface area (Å²) in [5.74, 6) is -1.43. The maximum absolute atomic E-state index is 12.9. The van der Waals surface area contributed by atoms with Crippen LogP contribution in [-0.4, -0.2) is 50.7 Å². The lowest BCUT2D eigenvalue weighted by Gasteiger charge is -2.28. The zero-order valence-corrected chi connectivity index (χ0v) is 19.9. The predicted octanol–water partition coefficient (Wildman–Crippen LogP) is 2.74. The average Bonchev–Trinajstić information content (AvgIpc) is 3.53. The highest BCUT2D eigenvalue weighted by molar-refractivity contribution is 7.09. The van der Waals surface area contributed by atoms with E-state index in [0.717, 1.165) is 24.1 Å². The predicted molar refractivity (Wildman–Crippen MR) is 130 cm³/mol. The number of rotatable bonds is 8. The number of carbonyl (C=O) groups is 2. The van der Waals surface area contributed by atoms with E-state index >= 15 is 0 Å². The molecule has 2 heterocycles. The number of hydrogen-bond donors (Lipinski definition) is 3. The lowest BCUT2D eigenvalue weighted by Crippen LogP contribution is -2.50. The largest absolute Gasteiger partial charge is 0.380 e. The van der Waals surface area contributed by atoms with Crippen molar-refractivity contribution in [2.24, 2.45) is 0 Å². The van der Waals surface area contributed by atoms with Crippen LogP contribution in [0.2, 0.25) is 0 Å². The van der Waals surface area contributed by atoms with Crippen molar-refractivity contribution >= 4 is 23.2 Å². The summed E-state index contributed by atoms with van der Waals surface area (Å²) >= 11 is 1.42. The summed E-state index contributed by atoms with van der Waals surface area (Å²) in [4.78, 5) is 31.4. The number of aryl methyl sites for hydroxylation is 1. The number of thiazole rings is 1. The number of benzene rings is 2. The Morgan fingerprint density at radius 1 is 1.12 bits per heavy atom. The van der Waals surface area contributed by atoms with Crippen LogP contribution in [0.15, 0.2) is 60.0 Å². The van der Waals surface area contributed by atoms with Crippen molar-refractivity contribution in [3.63, 3.8) is 0 Å². The summed E-state index contributed by atoms with van der Waals surface area (Å²) in [6.45, 7) is 2.65. The molecule has 1 aliphatic rings. The van der Waals surface area contributed by atoms with Gasteiger partial charge in [-0.05, 0) is 36.5 Å². The molecule has 3 atom stereocenters. The molecule has 2 amide bonds. The molecular weight excluding hydrogens is 450 g/mol. The number of aliphatic hydroxyl groups is 2. The first-order chi connectivity index (χ1) is 16.4. The van der Waals surface area contributed by atoms with Crippen LogP contribution < -0.4 is 5.32 Å². The first kappa shape index (κ1) is 24.1. The summed E-state index contributed by atoms with van der Waals surface area (Å²) in [5.41, 5.74) is 4.26. The number of nitrogens with zero attached hydrogens (tertiary/aromatic N) is 2. The van der Waals surface area contributed by atoms with Crippen LogP contribution >= 0.6 is 11.3 Å². The zero-order chi connectivity index (χ0) is 24.1. The van der Waals surface area contributed by atoms with E-state index in [4.69, 9.17) is 0 Å². The fraction of sp³-hybridized carbons (Fsp3) is 0.346. The van der Waals surface area contributed by atoms with E-state index in [-0.39, 0.29) is 12.6 Å². The summed E-state index contributed by atoms with van der Waals surface area (Å²) in [5, 5.41) is 26.0. The number of carbonyl (C=O) groups excluding carboxylic acids is 2. The van der Waals surface area contributed by atoms with Gasteiger partial charge in [0.1, 0.15) is 5.01 Å². The molecule has 0 spiro atoms. The van der Waals surface area contributed by atoms with E-state index in [9.17, 15) is 19.8 Å². The fourth-order valence-corrected chi connectivity index (χ4v) is 5.02. The molecule has 7 nitrogen and oxygen atoms in total. The minimum atomic E-state index is -1.85. The van der Waals surface area contributed by atoms with Gasteiger partial charge in [-0.15, -0.1) is 11.3 Å². The van der Waals surface area contributed by atoms with Gasteiger partial charge < -0.3 is 20.4 Å². The molecule has 34 heavy (non-hydrogen) atoms. The Labute approximate surface area is 203 Å². The highest BCUT2D eigenvalue weighted by Gasteiger charge is 2.38. The monoisotopic (exact) mass is 479 g/mol. The van der Waals surface area contributed by atoms with Gasteiger partial charge >= 0.3 is 0 Å². The van der Waals surface area contributed by atoms with Crippen molar-refractivity contribution in [2.45, 2.75) is 51.0 Å². The van der Waals surface area contributed by atoms with Crippen LogP contribution in [0.5, 0.6) is 0 Å². The number of likely N-dealkylation sites (tertiary alicyclic amines) is 1. The van der Waals surface area contributed by atoms with E-state index < -0.39 is 24.0 Å². The van der Waals surface area contributed by atoms with Crippen molar-refractivity contribution in [2.75, 3.05) is 6.54 Å². The summed E-state index contributed by atoms with van der Waals surface area (Å²) in [7, 11) is 0. The first-order valence-corrected chi connectivity index (χ1v) is 12.3. The van der Waals surface area contributed by atoms with Crippen molar-refractivity contribution in [3.05, 3.63) is 87.4 Å². The molecule has 0 saturated carbocycles. The van der Waals surface area contributed by atoms with Crippen LogP contribution in [0, 0.1) is 6.92 Å². The van der Waals surface area contributed by atoms with Crippen molar-refractivity contribution in [1.29, 1.82) is 0 Å². The van der Waals surface area contributed by atoms with Crippen LogP contribution in [0.4, 0.5) is 0 Å². The van der Waals surface area contributed by atoms with E-state index in [1.165, 1.54) is 22.5 Å². The smallest absolute Gasteiger partial charge is 0.255 e. The molecule has 1 aromatic heterocycles. The SMILES string of the molecule is Cc1ccccc1Cc1csc(CNC(=O)[C@H](O)[C@@H](O)C(=O)N2CCCC2c2ccccc2)n1. The average molecular weight is 480 g/mol. The van der Waals surface area contributed by atoms with Gasteiger partial charge in [0.15, 0.2) is 12.2 Å². The minimum absolute atomic E-state index is 0.117. The standard InChI is InChI=1S/C26H29N3O4S/c1-17-8-5-6-11-19(17)14-20-16-34-22(28-20)15-27-25(32)23(30)24(31)26(33)29-13-7-12-21(29)18-9-3-2-4-10-18/h2-6,8-11,16,21,23-24,30-31H,7,12-15H2,1H3,(H,27,32)/t21?,23-,24-/m1/s1. The number of hydrogen-bond acceptors (Lipinski definition) is 6.